The van der Waals surface area contributed by atoms with E-state index in [-0.39, 0.29) is 74.5 Å². The Labute approximate surface area is 340 Å². The van der Waals surface area contributed by atoms with E-state index in [0.717, 1.165) is 12.8 Å². The number of benzene rings is 2. The van der Waals surface area contributed by atoms with Gasteiger partial charge in [-0.15, -0.1) is 0 Å². The van der Waals surface area contributed by atoms with Crippen molar-refractivity contribution in [3.05, 3.63) is 53.6 Å². The van der Waals surface area contributed by atoms with E-state index in [1.54, 1.807) is 51.6 Å². The van der Waals surface area contributed by atoms with Gasteiger partial charge >= 0.3 is 0 Å². The lowest BCUT2D eigenvalue weighted by atomic mass is 9.99. The van der Waals surface area contributed by atoms with Crippen LogP contribution in [0.4, 0.5) is 17.6 Å². The Hall–Kier alpha value is -5.03. The second-order valence-corrected chi connectivity index (χ2v) is 16.3. The predicted octanol–water partition coefficient (Wildman–Crippen LogP) is 3.89. The molecule has 13 nitrogen and oxygen atoms in total. The molecular weight excluding hydrogens is 771 g/mol. The first kappa shape index (κ1) is 42.1. The molecule has 318 valence electrons. The standard InChI is InChI=1S/C42H53F4N9O4/c1-6-32(51-39(56)21(2)47-4)41(58)54-19-27(46)14-29(54)20-55-35-12-10-25(44)16-34(35)50-38(55)37-31(30-11-9-24(43)15-33(30)49-37)17-28-13-26(45)18-53(28)42(59)36(23-7-8-23)52-40(57)22(3)48-5/h9-12,15-16,21-23,26-29,32,36,47-49H,6-8,13-14,17-20H2,1-5H3,(H,51,56)(H,52,57)/t21-,22-,26-,27-,28-,29-,32-,36?/m0/s1. The van der Waals surface area contributed by atoms with Crippen LogP contribution in [-0.4, -0.2) is 124 Å². The third-order valence-electron chi connectivity index (χ3n) is 12.3. The van der Waals surface area contributed by atoms with Gasteiger partial charge in [-0.3, -0.25) is 19.2 Å². The first-order valence-corrected chi connectivity index (χ1v) is 20.5. The number of aromatic amines is 1. The van der Waals surface area contributed by atoms with Gasteiger partial charge in [0.1, 0.15) is 36.1 Å². The summed E-state index contributed by atoms with van der Waals surface area (Å²) in [6, 6.07) is 4.20. The highest BCUT2D eigenvalue weighted by molar-refractivity contribution is 5.93. The number of likely N-dealkylation sites (N-methyl/N-ethyl adjacent to an activating group) is 2. The van der Waals surface area contributed by atoms with Crippen LogP contribution in [0.15, 0.2) is 36.4 Å². The fourth-order valence-corrected chi connectivity index (χ4v) is 8.55. The van der Waals surface area contributed by atoms with Crippen LogP contribution in [0, 0.1) is 17.6 Å². The minimum absolute atomic E-state index is 0.00303. The minimum atomic E-state index is -1.35. The van der Waals surface area contributed by atoms with Crippen molar-refractivity contribution in [2.45, 2.75) is 114 Å². The second-order valence-electron chi connectivity index (χ2n) is 16.3. The first-order chi connectivity index (χ1) is 28.2. The summed E-state index contributed by atoms with van der Waals surface area (Å²) in [5, 5.41) is 12.0. The van der Waals surface area contributed by atoms with Crippen LogP contribution in [-0.2, 0) is 32.1 Å². The van der Waals surface area contributed by atoms with Crippen molar-refractivity contribution < 1.29 is 36.7 Å². The molecule has 8 atom stereocenters. The summed E-state index contributed by atoms with van der Waals surface area (Å²) < 4.78 is 62.1. The van der Waals surface area contributed by atoms with E-state index in [9.17, 15) is 28.0 Å². The normalized spacial score (nSPS) is 22.8. The maximum absolute atomic E-state index is 15.5. The molecule has 17 heteroatoms. The molecule has 1 aliphatic carbocycles. The van der Waals surface area contributed by atoms with Gasteiger partial charge in [0.2, 0.25) is 23.6 Å². The van der Waals surface area contributed by atoms with E-state index < -0.39 is 66.1 Å². The Bertz CT molecular complexity index is 2230. The van der Waals surface area contributed by atoms with Crippen LogP contribution in [0.5, 0.6) is 0 Å². The molecular formula is C42H53F4N9O4. The van der Waals surface area contributed by atoms with Crippen LogP contribution >= 0.6 is 0 Å². The third kappa shape index (κ3) is 8.67. The number of aromatic nitrogens is 3. The summed E-state index contributed by atoms with van der Waals surface area (Å²) in [6.45, 7) is 4.82. The molecule has 59 heavy (non-hydrogen) atoms. The zero-order valence-corrected chi connectivity index (χ0v) is 34.0. The number of halogens is 4. The Morgan fingerprint density at radius 1 is 0.847 bits per heavy atom. The zero-order chi connectivity index (χ0) is 42.3. The second kappa shape index (κ2) is 17.3. The lowest BCUT2D eigenvalue weighted by Gasteiger charge is -2.30. The maximum Gasteiger partial charge on any atom is 0.245 e. The van der Waals surface area contributed by atoms with Crippen LogP contribution in [0.25, 0.3) is 33.5 Å². The number of imidazole rings is 1. The highest BCUT2D eigenvalue weighted by Gasteiger charge is 2.45. The number of H-pyrrole nitrogens is 1. The smallest absolute Gasteiger partial charge is 0.245 e. The molecule has 4 heterocycles. The highest BCUT2D eigenvalue weighted by Crippen LogP contribution is 2.39. The van der Waals surface area contributed by atoms with Crippen molar-refractivity contribution in [2.24, 2.45) is 5.92 Å². The molecule has 2 aliphatic heterocycles. The van der Waals surface area contributed by atoms with Crippen molar-refractivity contribution in [2.75, 3.05) is 27.2 Å². The Kier molecular flexibility index (Phi) is 12.3. The van der Waals surface area contributed by atoms with Gasteiger partial charge in [-0.2, -0.15) is 0 Å². The van der Waals surface area contributed by atoms with E-state index >= 15 is 8.78 Å². The zero-order valence-electron chi connectivity index (χ0n) is 34.0. The Morgan fingerprint density at radius 2 is 1.46 bits per heavy atom. The Morgan fingerprint density at radius 3 is 2.10 bits per heavy atom. The van der Waals surface area contributed by atoms with Gasteiger partial charge < -0.3 is 40.6 Å². The van der Waals surface area contributed by atoms with Crippen LogP contribution in [0.1, 0.15) is 58.4 Å². The molecule has 4 amide bonds. The van der Waals surface area contributed by atoms with Gasteiger partial charge in [0.05, 0.1) is 47.9 Å². The summed E-state index contributed by atoms with van der Waals surface area (Å²) >= 11 is 0. The molecule has 2 aromatic carbocycles. The van der Waals surface area contributed by atoms with Gasteiger partial charge in [0.25, 0.3) is 0 Å². The van der Waals surface area contributed by atoms with Gasteiger partial charge in [0, 0.05) is 42.4 Å². The van der Waals surface area contributed by atoms with E-state index in [0.29, 0.717) is 33.5 Å². The average molecular weight is 824 g/mol. The third-order valence-corrected chi connectivity index (χ3v) is 12.3. The fraction of sp³-hybridized carbons (Fsp3) is 0.548. The van der Waals surface area contributed by atoms with Crippen molar-refractivity contribution in [1.29, 1.82) is 0 Å². The van der Waals surface area contributed by atoms with E-state index in [2.05, 4.69) is 26.3 Å². The van der Waals surface area contributed by atoms with Crippen molar-refractivity contribution >= 4 is 45.6 Å². The predicted molar refractivity (Wildman–Crippen MR) is 215 cm³/mol. The number of likely N-dealkylation sites (tertiary alicyclic amines) is 2. The lowest BCUT2D eigenvalue weighted by Crippen LogP contribution is -2.54. The molecule has 2 saturated heterocycles. The number of fused-ring (bicyclic) bond motifs is 2. The molecule has 1 saturated carbocycles. The summed E-state index contributed by atoms with van der Waals surface area (Å²) in [4.78, 5) is 65.0. The number of carbonyl (C=O) groups is 4. The molecule has 4 aromatic rings. The maximum atomic E-state index is 15.5. The van der Waals surface area contributed by atoms with Crippen molar-refractivity contribution in [3.8, 4) is 11.5 Å². The molecule has 0 spiro atoms. The van der Waals surface area contributed by atoms with Crippen LogP contribution in [0.3, 0.4) is 0 Å². The van der Waals surface area contributed by atoms with E-state index in [4.69, 9.17) is 4.98 Å². The molecule has 0 bridgehead atoms. The van der Waals surface area contributed by atoms with Crippen LogP contribution in [0.2, 0.25) is 0 Å². The number of nitrogens with zero attached hydrogens (tertiary/aromatic N) is 4. The molecule has 5 N–H and O–H groups in total. The summed E-state index contributed by atoms with van der Waals surface area (Å²) in [7, 11) is 3.28. The topological polar surface area (TPSA) is 156 Å². The van der Waals surface area contributed by atoms with Gasteiger partial charge in [-0.25, -0.2) is 22.5 Å². The summed E-state index contributed by atoms with van der Waals surface area (Å²) in [6.07, 6.45) is -0.728. The molecule has 1 unspecified atom stereocenters. The molecule has 3 aliphatic rings. The SMILES string of the molecule is CC[C@H](NC(=O)[C@H](C)NC)C(=O)N1C[C@@H](F)C[C@H]1Cn1c(-c2[nH]c3cc(F)ccc3c2C[C@@H]2C[C@H](F)CN2C(=O)C(NC(=O)[C@H](C)NC)C2CC2)nc2cc(F)ccc21. The number of hydrogen-bond donors (Lipinski definition) is 5. The summed E-state index contributed by atoms with van der Waals surface area (Å²) in [5.74, 6) is -2.31. The van der Waals surface area contributed by atoms with Gasteiger partial charge in [-0.05, 0) is 95.4 Å². The minimum Gasteiger partial charge on any atom is -0.352 e. The Balaban J connectivity index is 1.26. The number of amides is 4. The number of rotatable bonds is 15. The molecule has 3 fully saturated rings. The van der Waals surface area contributed by atoms with Gasteiger partial charge in [0.15, 0.2) is 5.82 Å². The first-order valence-electron chi connectivity index (χ1n) is 20.5. The van der Waals surface area contributed by atoms with Crippen molar-refractivity contribution in [1.82, 2.24) is 45.6 Å². The number of alkyl halides is 2. The van der Waals surface area contributed by atoms with E-state index in [1.807, 2.05) is 0 Å². The fourth-order valence-electron chi connectivity index (χ4n) is 8.55. The number of nitrogens with one attached hydrogen (secondary N) is 5. The van der Waals surface area contributed by atoms with Crippen molar-refractivity contribution in [3.63, 3.8) is 0 Å². The molecule has 0 radical (unpaired) electrons. The summed E-state index contributed by atoms with van der Waals surface area (Å²) in [5.41, 5.74) is 2.22. The highest BCUT2D eigenvalue weighted by atomic mass is 19.1. The molecule has 2 aromatic heterocycles. The van der Waals surface area contributed by atoms with Gasteiger partial charge in [-0.1, -0.05) is 6.92 Å². The average Bonchev–Trinajstić information content (AvgIpc) is 3.58. The largest absolute Gasteiger partial charge is 0.352 e. The quantitative estimate of drug-likeness (QED) is 0.114. The van der Waals surface area contributed by atoms with E-state index in [1.165, 1.54) is 34.1 Å². The number of hydrogen-bond acceptors (Lipinski definition) is 7. The lowest BCUT2D eigenvalue weighted by molar-refractivity contribution is -0.138. The number of carbonyl (C=O) groups excluding carboxylic acids is 4. The van der Waals surface area contributed by atoms with Crippen LogP contribution < -0.4 is 21.3 Å². The monoisotopic (exact) mass is 823 g/mol. The molecule has 7 rings (SSSR count).